The summed E-state index contributed by atoms with van der Waals surface area (Å²) in [5.74, 6) is 0. The Kier molecular flexibility index (Phi) is 2.04. The Morgan fingerprint density at radius 2 is 1.92 bits per heavy atom. The largest absolute Gasteiger partial charge is 0.272 e. The molecule has 0 aliphatic heterocycles. The van der Waals surface area contributed by atoms with Crippen molar-refractivity contribution in [1.82, 2.24) is 19.7 Å². The van der Waals surface area contributed by atoms with Crippen molar-refractivity contribution in [3.63, 3.8) is 0 Å². The second kappa shape index (κ2) is 3.35. The summed E-state index contributed by atoms with van der Waals surface area (Å²) in [6.45, 7) is 2.94. The van der Waals surface area contributed by atoms with Crippen LogP contribution in [0.5, 0.6) is 0 Å². The van der Waals surface area contributed by atoms with Crippen molar-refractivity contribution in [3.8, 4) is 11.1 Å². The second-order valence-electron chi connectivity index (χ2n) is 2.71. The van der Waals surface area contributed by atoms with E-state index in [0.29, 0.717) is 0 Å². The molecule has 0 spiro atoms. The Balaban J connectivity index is 2.36. The molecule has 0 atom stereocenters. The maximum Gasteiger partial charge on any atom is 0.115 e. The zero-order valence-electron chi connectivity index (χ0n) is 7.38. The summed E-state index contributed by atoms with van der Waals surface area (Å²) in [5, 5.41) is 4.17. The summed E-state index contributed by atoms with van der Waals surface area (Å²) in [5.41, 5.74) is 2.06. The van der Waals surface area contributed by atoms with Crippen LogP contribution in [0, 0.1) is 0 Å². The molecule has 0 saturated heterocycles. The van der Waals surface area contributed by atoms with Gasteiger partial charge in [-0.25, -0.2) is 9.97 Å². The summed E-state index contributed by atoms with van der Waals surface area (Å²) in [7, 11) is 0. The molecule has 4 heteroatoms. The monoisotopic (exact) mass is 174 g/mol. The maximum absolute atomic E-state index is 4.17. The third-order valence-corrected chi connectivity index (χ3v) is 1.85. The highest BCUT2D eigenvalue weighted by Gasteiger charge is 1.99. The van der Waals surface area contributed by atoms with E-state index in [9.17, 15) is 0 Å². The molecule has 0 amide bonds. The highest BCUT2D eigenvalue weighted by Crippen LogP contribution is 2.14. The van der Waals surface area contributed by atoms with Crippen molar-refractivity contribution in [3.05, 3.63) is 31.1 Å². The normalized spacial score (nSPS) is 10.2. The average molecular weight is 174 g/mol. The van der Waals surface area contributed by atoms with Crippen molar-refractivity contribution in [1.29, 1.82) is 0 Å². The minimum atomic E-state index is 0.883. The molecule has 13 heavy (non-hydrogen) atoms. The van der Waals surface area contributed by atoms with Crippen LogP contribution in [-0.2, 0) is 6.54 Å². The van der Waals surface area contributed by atoms with Gasteiger partial charge in [0, 0.05) is 36.3 Å². The minimum absolute atomic E-state index is 0.883. The van der Waals surface area contributed by atoms with Gasteiger partial charge in [0.05, 0.1) is 6.20 Å². The van der Waals surface area contributed by atoms with Crippen LogP contribution < -0.4 is 0 Å². The molecular weight excluding hydrogens is 164 g/mol. The SMILES string of the molecule is CCn1cc(-c2cncnc2)cn1. The lowest BCUT2D eigenvalue weighted by Crippen LogP contribution is -1.91. The summed E-state index contributed by atoms with van der Waals surface area (Å²) in [6, 6.07) is 0. The Morgan fingerprint density at radius 1 is 1.15 bits per heavy atom. The lowest BCUT2D eigenvalue weighted by molar-refractivity contribution is 0.660. The lowest BCUT2D eigenvalue weighted by Gasteiger charge is -1.93. The van der Waals surface area contributed by atoms with Crippen LogP contribution in [0.2, 0.25) is 0 Å². The number of nitrogens with zero attached hydrogens (tertiary/aromatic N) is 4. The molecule has 0 unspecified atom stereocenters. The van der Waals surface area contributed by atoms with Crippen molar-refractivity contribution in [2.75, 3.05) is 0 Å². The topological polar surface area (TPSA) is 43.6 Å². The molecule has 0 radical (unpaired) electrons. The first-order valence-electron chi connectivity index (χ1n) is 4.18. The molecule has 0 saturated carbocycles. The molecule has 4 nitrogen and oxygen atoms in total. The molecule has 0 aliphatic carbocycles. The Morgan fingerprint density at radius 3 is 2.54 bits per heavy atom. The van der Waals surface area contributed by atoms with Crippen LogP contribution in [0.1, 0.15) is 6.92 Å². The van der Waals surface area contributed by atoms with Gasteiger partial charge in [-0.05, 0) is 6.92 Å². The molecule has 2 aromatic rings. The third-order valence-electron chi connectivity index (χ3n) is 1.85. The van der Waals surface area contributed by atoms with Crippen LogP contribution in [0.15, 0.2) is 31.1 Å². The van der Waals surface area contributed by atoms with E-state index in [0.717, 1.165) is 17.7 Å². The average Bonchev–Trinajstić information content (AvgIpc) is 2.67. The van der Waals surface area contributed by atoms with Gasteiger partial charge in [0.2, 0.25) is 0 Å². The van der Waals surface area contributed by atoms with E-state index in [1.54, 1.807) is 12.4 Å². The summed E-state index contributed by atoms with van der Waals surface area (Å²) >= 11 is 0. The fourth-order valence-corrected chi connectivity index (χ4v) is 1.13. The summed E-state index contributed by atoms with van der Waals surface area (Å²) in [4.78, 5) is 7.90. The summed E-state index contributed by atoms with van der Waals surface area (Å²) in [6.07, 6.45) is 8.89. The van der Waals surface area contributed by atoms with Gasteiger partial charge in [-0.3, -0.25) is 4.68 Å². The molecule has 0 aliphatic rings. The van der Waals surface area contributed by atoms with Gasteiger partial charge in [-0.2, -0.15) is 5.10 Å². The molecular formula is C9H10N4. The van der Waals surface area contributed by atoms with E-state index in [1.807, 2.05) is 17.1 Å². The number of hydrogen-bond donors (Lipinski definition) is 0. The number of aromatic nitrogens is 4. The van der Waals surface area contributed by atoms with Crippen molar-refractivity contribution in [2.24, 2.45) is 0 Å². The Hall–Kier alpha value is -1.71. The second-order valence-corrected chi connectivity index (χ2v) is 2.71. The molecule has 66 valence electrons. The standard InChI is InChI=1S/C9H10N4/c1-2-13-6-9(5-12-13)8-3-10-7-11-4-8/h3-7H,2H2,1H3. The van der Waals surface area contributed by atoms with Crippen LogP contribution in [0.3, 0.4) is 0 Å². The first-order valence-corrected chi connectivity index (χ1v) is 4.18. The van der Waals surface area contributed by atoms with Crippen molar-refractivity contribution in [2.45, 2.75) is 13.5 Å². The van der Waals surface area contributed by atoms with Gasteiger partial charge in [0.1, 0.15) is 6.33 Å². The lowest BCUT2D eigenvalue weighted by atomic mass is 10.2. The molecule has 2 heterocycles. The van der Waals surface area contributed by atoms with Crippen molar-refractivity contribution < 1.29 is 0 Å². The zero-order valence-corrected chi connectivity index (χ0v) is 7.38. The van der Waals surface area contributed by atoms with Crippen LogP contribution in [0.4, 0.5) is 0 Å². The Labute approximate surface area is 76.3 Å². The fourth-order valence-electron chi connectivity index (χ4n) is 1.13. The molecule has 0 bridgehead atoms. The quantitative estimate of drug-likeness (QED) is 0.690. The number of rotatable bonds is 2. The number of aryl methyl sites for hydroxylation is 1. The molecule has 0 aromatic carbocycles. The molecule has 2 rings (SSSR count). The highest BCUT2D eigenvalue weighted by molar-refractivity contribution is 5.58. The van der Waals surface area contributed by atoms with Gasteiger partial charge >= 0.3 is 0 Å². The highest BCUT2D eigenvalue weighted by atomic mass is 15.3. The van der Waals surface area contributed by atoms with E-state index in [-0.39, 0.29) is 0 Å². The van der Waals surface area contributed by atoms with E-state index < -0.39 is 0 Å². The van der Waals surface area contributed by atoms with Crippen LogP contribution in [0.25, 0.3) is 11.1 Å². The fraction of sp³-hybridized carbons (Fsp3) is 0.222. The smallest absolute Gasteiger partial charge is 0.115 e. The van der Waals surface area contributed by atoms with E-state index in [4.69, 9.17) is 0 Å². The molecule has 2 aromatic heterocycles. The van der Waals surface area contributed by atoms with Crippen LogP contribution in [-0.4, -0.2) is 19.7 Å². The first-order chi connectivity index (χ1) is 6.40. The van der Waals surface area contributed by atoms with Crippen molar-refractivity contribution >= 4 is 0 Å². The first kappa shape index (κ1) is 7.91. The predicted octanol–water partition coefficient (Wildman–Crippen LogP) is 1.36. The minimum Gasteiger partial charge on any atom is -0.272 e. The predicted molar refractivity (Wildman–Crippen MR) is 48.9 cm³/mol. The van der Waals surface area contributed by atoms with Gasteiger partial charge < -0.3 is 0 Å². The van der Waals surface area contributed by atoms with Gasteiger partial charge in [-0.1, -0.05) is 0 Å². The van der Waals surface area contributed by atoms with Gasteiger partial charge in [-0.15, -0.1) is 0 Å². The van der Waals surface area contributed by atoms with E-state index in [2.05, 4.69) is 22.0 Å². The van der Waals surface area contributed by atoms with Crippen LogP contribution >= 0.6 is 0 Å². The number of hydrogen-bond acceptors (Lipinski definition) is 3. The van der Waals surface area contributed by atoms with E-state index in [1.165, 1.54) is 6.33 Å². The Bertz CT molecular complexity index is 380. The van der Waals surface area contributed by atoms with Gasteiger partial charge in [0.25, 0.3) is 0 Å². The van der Waals surface area contributed by atoms with E-state index >= 15 is 0 Å². The zero-order chi connectivity index (χ0) is 9.10. The maximum atomic E-state index is 4.17. The molecule has 0 fully saturated rings. The summed E-state index contributed by atoms with van der Waals surface area (Å²) < 4.78 is 1.88. The molecule has 0 N–H and O–H groups in total. The third kappa shape index (κ3) is 1.56. The van der Waals surface area contributed by atoms with Gasteiger partial charge in [0.15, 0.2) is 0 Å².